The van der Waals surface area contributed by atoms with Gasteiger partial charge >= 0.3 is 0 Å². The number of aromatic nitrogens is 1. The van der Waals surface area contributed by atoms with Crippen molar-refractivity contribution in [1.82, 2.24) is 9.47 Å². The van der Waals surface area contributed by atoms with Crippen molar-refractivity contribution in [2.75, 3.05) is 27.4 Å². The van der Waals surface area contributed by atoms with Gasteiger partial charge in [0.25, 0.3) is 0 Å². The van der Waals surface area contributed by atoms with Gasteiger partial charge in [-0.05, 0) is 53.9 Å². The Balaban J connectivity index is 1.70. The number of ether oxygens (including phenoxy) is 2. The number of halogens is 1. The normalized spacial score (nSPS) is 10.8. The summed E-state index contributed by atoms with van der Waals surface area (Å²) >= 11 is 0. The van der Waals surface area contributed by atoms with E-state index in [1.165, 1.54) is 12.1 Å². The molecule has 5 nitrogen and oxygen atoms in total. The number of methoxy groups -OCH3 is 2. The summed E-state index contributed by atoms with van der Waals surface area (Å²) in [4.78, 5) is 15.0. The smallest absolute Gasteiger partial charge is 0.227 e. The van der Waals surface area contributed by atoms with Crippen LogP contribution in [0.25, 0.3) is 0 Å². The third-order valence-corrected chi connectivity index (χ3v) is 5.19. The zero-order chi connectivity index (χ0) is 22.1. The Kier molecular flexibility index (Phi) is 8.24. The van der Waals surface area contributed by atoms with Crippen molar-refractivity contribution >= 4 is 5.91 Å². The van der Waals surface area contributed by atoms with Gasteiger partial charge < -0.3 is 18.9 Å². The topological polar surface area (TPSA) is 43.7 Å². The van der Waals surface area contributed by atoms with E-state index in [1.807, 2.05) is 47.5 Å². The fourth-order valence-electron chi connectivity index (χ4n) is 3.45. The van der Waals surface area contributed by atoms with Gasteiger partial charge in [-0.1, -0.05) is 24.3 Å². The summed E-state index contributed by atoms with van der Waals surface area (Å²) in [6.45, 7) is 2.35. The van der Waals surface area contributed by atoms with E-state index < -0.39 is 0 Å². The first-order chi connectivity index (χ1) is 15.1. The van der Waals surface area contributed by atoms with E-state index >= 15 is 0 Å². The average molecular weight is 425 g/mol. The van der Waals surface area contributed by atoms with Crippen molar-refractivity contribution in [3.63, 3.8) is 0 Å². The molecule has 31 heavy (non-hydrogen) atoms. The molecule has 3 aromatic rings. The van der Waals surface area contributed by atoms with Crippen LogP contribution in [0.15, 0.2) is 66.9 Å². The number of nitrogens with zero attached hydrogens (tertiary/aromatic N) is 2. The zero-order valence-electron chi connectivity index (χ0n) is 18.1. The van der Waals surface area contributed by atoms with Crippen LogP contribution in [0.4, 0.5) is 4.39 Å². The van der Waals surface area contributed by atoms with Crippen LogP contribution < -0.4 is 4.74 Å². The molecule has 0 fully saturated rings. The Morgan fingerprint density at radius 2 is 1.71 bits per heavy atom. The molecular weight excluding hydrogens is 395 g/mol. The minimum Gasteiger partial charge on any atom is -0.497 e. The lowest BCUT2D eigenvalue weighted by Gasteiger charge is -2.24. The quantitative estimate of drug-likeness (QED) is 0.431. The van der Waals surface area contributed by atoms with Crippen molar-refractivity contribution in [3.05, 3.63) is 89.5 Å². The number of benzene rings is 2. The van der Waals surface area contributed by atoms with Gasteiger partial charge in [-0.3, -0.25) is 4.79 Å². The number of hydrogen-bond donors (Lipinski definition) is 0. The Morgan fingerprint density at radius 3 is 2.39 bits per heavy atom. The van der Waals surface area contributed by atoms with Crippen LogP contribution in [0, 0.1) is 5.82 Å². The molecule has 0 aliphatic rings. The van der Waals surface area contributed by atoms with Crippen molar-refractivity contribution in [2.24, 2.45) is 0 Å². The van der Waals surface area contributed by atoms with Crippen molar-refractivity contribution < 1.29 is 18.7 Å². The Morgan fingerprint density at radius 1 is 1.00 bits per heavy atom. The summed E-state index contributed by atoms with van der Waals surface area (Å²) in [5.74, 6) is 0.590. The molecule has 6 heteroatoms. The predicted octanol–water partition coefficient (Wildman–Crippen LogP) is 4.29. The Labute approximate surface area is 183 Å². The summed E-state index contributed by atoms with van der Waals surface area (Å²) in [5, 5.41) is 0. The number of amides is 1. The van der Waals surface area contributed by atoms with Crippen LogP contribution in [-0.2, 0) is 29.0 Å². The van der Waals surface area contributed by atoms with Crippen LogP contribution in [-0.4, -0.2) is 42.7 Å². The van der Waals surface area contributed by atoms with Crippen LogP contribution >= 0.6 is 0 Å². The lowest BCUT2D eigenvalue weighted by atomic mass is 10.1. The van der Waals surface area contributed by atoms with Gasteiger partial charge in [0, 0.05) is 38.7 Å². The molecule has 2 aromatic carbocycles. The molecule has 0 unspecified atom stereocenters. The van der Waals surface area contributed by atoms with Crippen molar-refractivity contribution in [1.29, 1.82) is 0 Å². The molecule has 3 rings (SSSR count). The predicted molar refractivity (Wildman–Crippen MR) is 119 cm³/mol. The van der Waals surface area contributed by atoms with Crippen molar-refractivity contribution in [3.8, 4) is 5.75 Å². The highest BCUT2D eigenvalue weighted by Crippen LogP contribution is 2.15. The van der Waals surface area contributed by atoms with Crippen LogP contribution in [0.1, 0.15) is 23.2 Å². The highest BCUT2D eigenvalue weighted by Gasteiger charge is 2.16. The molecule has 0 spiro atoms. The monoisotopic (exact) mass is 424 g/mol. The molecule has 164 valence electrons. The number of hydrogen-bond acceptors (Lipinski definition) is 3. The highest BCUT2D eigenvalue weighted by atomic mass is 19.1. The summed E-state index contributed by atoms with van der Waals surface area (Å²) in [6, 6.07) is 18.1. The number of carbonyl (C=O) groups excluding carboxylic acids is 1. The zero-order valence-corrected chi connectivity index (χ0v) is 18.1. The number of rotatable bonds is 11. The SMILES string of the molecule is COCCCN(Cc1cccn1Cc1ccc(F)cc1)C(=O)Cc1ccc(OC)cc1. The molecule has 0 N–H and O–H groups in total. The van der Waals surface area contributed by atoms with Crippen molar-refractivity contribution in [2.45, 2.75) is 25.9 Å². The first-order valence-corrected chi connectivity index (χ1v) is 10.4. The van der Waals surface area contributed by atoms with Gasteiger partial charge in [0.15, 0.2) is 0 Å². The van der Waals surface area contributed by atoms with Crippen LogP contribution in [0.5, 0.6) is 5.75 Å². The molecule has 0 atom stereocenters. The minimum atomic E-state index is -0.245. The first-order valence-electron chi connectivity index (χ1n) is 10.4. The molecule has 1 amide bonds. The largest absolute Gasteiger partial charge is 0.497 e. The summed E-state index contributed by atoms with van der Waals surface area (Å²) < 4.78 is 25.7. The molecular formula is C25H29FN2O3. The average Bonchev–Trinajstić information content (AvgIpc) is 3.21. The molecule has 0 radical (unpaired) electrons. The van der Waals surface area contributed by atoms with Crippen LogP contribution in [0.3, 0.4) is 0 Å². The standard InChI is InChI=1S/C25H29FN2O3/c1-30-16-4-15-28(25(29)17-20-8-12-24(31-2)13-9-20)19-23-5-3-14-27(23)18-21-6-10-22(26)11-7-21/h3,5-14H,4,15-19H2,1-2H3. The van der Waals surface area contributed by atoms with E-state index in [-0.39, 0.29) is 11.7 Å². The van der Waals surface area contributed by atoms with Gasteiger partial charge in [0.1, 0.15) is 11.6 Å². The number of carbonyl (C=O) groups is 1. The molecule has 0 saturated heterocycles. The highest BCUT2D eigenvalue weighted by molar-refractivity contribution is 5.78. The second kappa shape index (κ2) is 11.3. The van der Waals surface area contributed by atoms with E-state index in [0.29, 0.717) is 32.7 Å². The minimum absolute atomic E-state index is 0.0656. The fraction of sp³-hybridized carbons (Fsp3) is 0.320. The summed E-state index contributed by atoms with van der Waals surface area (Å²) in [7, 11) is 3.29. The molecule has 0 saturated carbocycles. The third kappa shape index (κ3) is 6.69. The van der Waals surface area contributed by atoms with Crippen LogP contribution in [0.2, 0.25) is 0 Å². The summed E-state index contributed by atoms with van der Waals surface area (Å²) in [6.07, 6.45) is 3.08. The molecule has 0 aliphatic heterocycles. The lowest BCUT2D eigenvalue weighted by Crippen LogP contribution is -2.34. The van der Waals surface area contributed by atoms with E-state index in [1.54, 1.807) is 26.4 Å². The molecule has 0 bridgehead atoms. The Bertz CT molecular complexity index is 952. The fourth-order valence-corrected chi connectivity index (χ4v) is 3.45. The lowest BCUT2D eigenvalue weighted by molar-refractivity contribution is -0.131. The maximum Gasteiger partial charge on any atom is 0.227 e. The molecule has 1 heterocycles. The van der Waals surface area contributed by atoms with Gasteiger partial charge in [0.2, 0.25) is 5.91 Å². The van der Waals surface area contributed by atoms with E-state index in [2.05, 4.69) is 4.57 Å². The van der Waals surface area contributed by atoms with E-state index in [4.69, 9.17) is 9.47 Å². The van der Waals surface area contributed by atoms with E-state index in [0.717, 1.165) is 29.0 Å². The maximum atomic E-state index is 13.2. The summed E-state index contributed by atoms with van der Waals surface area (Å²) in [5.41, 5.74) is 2.99. The van der Waals surface area contributed by atoms with Gasteiger partial charge in [-0.2, -0.15) is 0 Å². The van der Waals surface area contributed by atoms with E-state index in [9.17, 15) is 9.18 Å². The van der Waals surface area contributed by atoms with Gasteiger partial charge in [-0.25, -0.2) is 4.39 Å². The third-order valence-electron chi connectivity index (χ3n) is 5.19. The second-order valence-electron chi connectivity index (χ2n) is 7.44. The first kappa shape index (κ1) is 22.6. The van der Waals surface area contributed by atoms with Gasteiger partial charge in [0.05, 0.1) is 20.1 Å². The Hall–Kier alpha value is -3.12. The molecule has 0 aliphatic carbocycles. The molecule has 1 aromatic heterocycles. The maximum absolute atomic E-state index is 13.2. The van der Waals surface area contributed by atoms with Gasteiger partial charge in [-0.15, -0.1) is 0 Å². The second-order valence-corrected chi connectivity index (χ2v) is 7.44.